The van der Waals surface area contributed by atoms with Gasteiger partial charge in [-0.25, -0.2) is 4.98 Å². The van der Waals surface area contributed by atoms with Crippen LogP contribution >= 0.6 is 0 Å². The Morgan fingerprint density at radius 1 is 1.53 bits per heavy atom. The zero-order valence-electron chi connectivity index (χ0n) is 10.1. The first-order valence-corrected chi connectivity index (χ1v) is 5.73. The molecule has 0 saturated carbocycles. The van der Waals surface area contributed by atoms with E-state index >= 15 is 0 Å². The molecule has 0 radical (unpaired) electrons. The Labute approximate surface area is 101 Å². The van der Waals surface area contributed by atoms with Gasteiger partial charge in [0.15, 0.2) is 0 Å². The van der Waals surface area contributed by atoms with E-state index < -0.39 is 0 Å². The highest BCUT2D eigenvalue weighted by atomic mass is 15.2. The third-order valence-corrected chi connectivity index (χ3v) is 3.00. The second-order valence-electron chi connectivity index (χ2n) is 4.17. The van der Waals surface area contributed by atoms with Gasteiger partial charge in [0.25, 0.3) is 0 Å². The van der Waals surface area contributed by atoms with E-state index in [2.05, 4.69) is 27.6 Å². The molecular weight excluding hydrogens is 212 g/mol. The van der Waals surface area contributed by atoms with Crippen molar-refractivity contribution >= 4 is 11.0 Å². The molecule has 4 nitrogen and oxygen atoms in total. The molecule has 0 aliphatic rings. The van der Waals surface area contributed by atoms with E-state index in [1.807, 2.05) is 31.3 Å². The van der Waals surface area contributed by atoms with E-state index in [0.29, 0.717) is 0 Å². The van der Waals surface area contributed by atoms with Crippen molar-refractivity contribution in [2.24, 2.45) is 12.9 Å². The van der Waals surface area contributed by atoms with Gasteiger partial charge < -0.3 is 4.57 Å². The Morgan fingerprint density at radius 3 is 2.94 bits per heavy atom. The number of hydrazine groups is 1. The molecule has 3 N–H and O–H groups in total. The molecule has 1 atom stereocenters. The molecule has 0 amide bonds. The fourth-order valence-electron chi connectivity index (χ4n) is 2.01. The highest BCUT2D eigenvalue weighted by molar-refractivity contribution is 5.75. The largest absolute Gasteiger partial charge is 0.331 e. The van der Waals surface area contributed by atoms with Crippen LogP contribution in [0.1, 0.15) is 12.2 Å². The van der Waals surface area contributed by atoms with Crippen molar-refractivity contribution in [2.45, 2.75) is 18.9 Å². The molecule has 0 fully saturated rings. The number of imidazole rings is 1. The average Bonchev–Trinajstić information content (AvgIpc) is 2.66. The number of nitrogens with two attached hydrogens (primary N) is 1. The number of benzene rings is 1. The summed E-state index contributed by atoms with van der Waals surface area (Å²) < 4.78 is 2.11. The summed E-state index contributed by atoms with van der Waals surface area (Å²) in [5.74, 6) is 6.55. The lowest BCUT2D eigenvalue weighted by molar-refractivity contribution is 0.513. The number of aryl methyl sites for hydroxylation is 1. The number of nitrogens with zero attached hydrogens (tertiary/aromatic N) is 2. The van der Waals surface area contributed by atoms with Gasteiger partial charge >= 0.3 is 0 Å². The molecule has 1 unspecified atom stereocenters. The minimum Gasteiger partial charge on any atom is -0.331 e. The number of para-hydroxylation sites is 2. The van der Waals surface area contributed by atoms with Crippen LogP contribution in [0.2, 0.25) is 0 Å². The third-order valence-electron chi connectivity index (χ3n) is 3.00. The van der Waals surface area contributed by atoms with Crippen LogP contribution in [0.25, 0.3) is 11.0 Å². The molecule has 0 bridgehead atoms. The van der Waals surface area contributed by atoms with E-state index in [1.165, 1.54) is 0 Å². The Hall–Kier alpha value is -1.65. The maximum atomic E-state index is 5.52. The number of nitrogens with one attached hydrogen (secondary N) is 1. The smallest absolute Gasteiger partial charge is 0.111 e. The molecule has 2 rings (SSSR count). The Morgan fingerprint density at radius 2 is 2.29 bits per heavy atom. The van der Waals surface area contributed by atoms with Gasteiger partial charge in [-0.15, -0.1) is 6.58 Å². The zero-order valence-corrected chi connectivity index (χ0v) is 10.1. The predicted octanol–water partition coefficient (Wildman–Crippen LogP) is 1.52. The Bertz CT molecular complexity index is 515. The van der Waals surface area contributed by atoms with Crippen molar-refractivity contribution in [3.8, 4) is 0 Å². The number of aromatic nitrogens is 2. The minimum atomic E-state index is 0.183. The summed E-state index contributed by atoms with van der Waals surface area (Å²) >= 11 is 0. The van der Waals surface area contributed by atoms with Gasteiger partial charge in [-0.2, -0.15) is 0 Å². The summed E-state index contributed by atoms with van der Waals surface area (Å²) in [5.41, 5.74) is 4.98. The number of rotatable bonds is 5. The monoisotopic (exact) mass is 230 g/mol. The van der Waals surface area contributed by atoms with Crippen LogP contribution in [0.5, 0.6) is 0 Å². The van der Waals surface area contributed by atoms with Crippen LogP contribution in [-0.4, -0.2) is 15.6 Å². The number of hydrogen-bond acceptors (Lipinski definition) is 3. The first-order chi connectivity index (χ1) is 8.26. The molecule has 0 aliphatic heterocycles. The second-order valence-corrected chi connectivity index (χ2v) is 4.17. The van der Waals surface area contributed by atoms with Gasteiger partial charge in [-0.3, -0.25) is 11.3 Å². The normalized spacial score (nSPS) is 12.8. The van der Waals surface area contributed by atoms with E-state index in [9.17, 15) is 0 Å². The van der Waals surface area contributed by atoms with E-state index in [-0.39, 0.29) is 6.04 Å². The fraction of sp³-hybridized carbons (Fsp3) is 0.308. The molecule has 90 valence electrons. The predicted molar refractivity (Wildman–Crippen MR) is 70.3 cm³/mol. The van der Waals surface area contributed by atoms with Crippen molar-refractivity contribution in [2.75, 3.05) is 0 Å². The van der Waals surface area contributed by atoms with Gasteiger partial charge in [0, 0.05) is 19.5 Å². The lowest BCUT2D eigenvalue weighted by atomic mass is 10.1. The maximum absolute atomic E-state index is 5.52. The van der Waals surface area contributed by atoms with Crippen molar-refractivity contribution in [3.05, 3.63) is 42.7 Å². The molecule has 1 heterocycles. The van der Waals surface area contributed by atoms with Crippen LogP contribution in [0.4, 0.5) is 0 Å². The molecule has 4 heteroatoms. The topological polar surface area (TPSA) is 55.9 Å². The summed E-state index contributed by atoms with van der Waals surface area (Å²) in [6.45, 7) is 3.73. The molecule has 2 aromatic rings. The summed E-state index contributed by atoms with van der Waals surface area (Å²) in [6.07, 6.45) is 3.50. The number of hydrogen-bond donors (Lipinski definition) is 2. The van der Waals surface area contributed by atoms with Crippen LogP contribution in [0.3, 0.4) is 0 Å². The highest BCUT2D eigenvalue weighted by Crippen LogP contribution is 2.15. The molecule has 0 aliphatic carbocycles. The molecule has 0 saturated heterocycles. The SMILES string of the molecule is C=CCC(Cc1nc2ccccc2n1C)NN. The lowest BCUT2D eigenvalue weighted by Crippen LogP contribution is -2.36. The van der Waals surface area contributed by atoms with Crippen LogP contribution in [-0.2, 0) is 13.5 Å². The van der Waals surface area contributed by atoms with Gasteiger partial charge in [0.2, 0.25) is 0 Å². The van der Waals surface area contributed by atoms with Crippen LogP contribution < -0.4 is 11.3 Å². The van der Waals surface area contributed by atoms with E-state index in [4.69, 9.17) is 5.84 Å². The first kappa shape index (κ1) is 11.8. The summed E-state index contributed by atoms with van der Waals surface area (Å²) in [4.78, 5) is 4.62. The molecule has 1 aromatic carbocycles. The van der Waals surface area contributed by atoms with Gasteiger partial charge in [0.1, 0.15) is 5.82 Å². The summed E-state index contributed by atoms with van der Waals surface area (Å²) in [5, 5.41) is 0. The van der Waals surface area contributed by atoms with Gasteiger partial charge in [-0.1, -0.05) is 18.2 Å². The molecule has 17 heavy (non-hydrogen) atoms. The van der Waals surface area contributed by atoms with Crippen LogP contribution in [0, 0.1) is 0 Å². The van der Waals surface area contributed by atoms with Crippen molar-refractivity contribution < 1.29 is 0 Å². The van der Waals surface area contributed by atoms with Crippen molar-refractivity contribution in [1.82, 2.24) is 15.0 Å². The van der Waals surface area contributed by atoms with E-state index in [0.717, 1.165) is 29.7 Å². The van der Waals surface area contributed by atoms with E-state index in [1.54, 1.807) is 0 Å². The molecular formula is C13H18N4. The first-order valence-electron chi connectivity index (χ1n) is 5.73. The Balaban J connectivity index is 2.29. The quantitative estimate of drug-likeness (QED) is 0.465. The summed E-state index contributed by atoms with van der Waals surface area (Å²) in [6, 6.07) is 8.31. The van der Waals surface area contributed by atoms with Crippen molar-refractivity contribution in [3.63, 3.8) is 0 Å². The fourth-order valence-corrected chi connectivity index (χ4v) is 2.01. The standard InChI is InChI=1S/C13H18N4/c1-3-6-10(16-14)9-13-15-11-7-4-5-8-12(11)17(13)2/h3-5,7-8,10,16H,1,6,9,14H2,2H3. The van der Waals surface area contributed by atoms with Crippen LogP contribution in [0.15, 0.2) is 36.9 Å². The van der Waals surface area contributed by atoms with Gasteiger partial charge in [0.05, 0.1) is 11.0 Å². The Kier molecular flexibility index (Phi) is 3.56. The second kappa shape index (κ2) is 5.12. The maximum Gasteiger partial charge on any atom is 0.111 e. The summed E-state index contributed by atoms with van der Waals surface area (Å²) in [7, 11) is 2.03. The lowest BCUT2D eigenvalue weighted by Gasteiger charge is -2.13. The molecule has 1 aromatic heterocycles. The third kappa shape index (κ3) is 2.38. The number of fused-ring (bicyclic) bond motifs is 1. The molecule has 0 spiro atoms. The minimum absolute atomic E-state index is 0.183. The zero-order chi connectivity index (χ0) is 12.3. The highest BCUT2D eigenvalue weighted by Gasteiger charge is 2.12. The average molecular weight is 230 g/mol. The van der Waals surface area contributed by atoms with Gasteiger partial charge in [-0.05, 0) is 18.6 Å². The van der Waals surface area contributed by atoms with Crippen molar-refractivity contribution in [1.29, 1.82) is 0 Å².